The van der Waals surface area contributed by atoms with E-state index in [-0.39, 0.29) is 12.1 Å². The zero-order chi connectivity index (χ0) is 16.3. The molecule has 9 heteroatoms. The predicted octanol–water partition coefficient (Wildman–Crippen LogP) is 0.780. The average molecular weight is 329 g/mol. The van der Waals surface area contributed by atoms with Crippen molar-refractivity contribution in [2.24, 2.45) is 5.73 Å². The third-order valence-corrected chi connectivity index (χ3v) is 3.80. The second-order valence-electron chi connectivity index (χ2n) is 4.74. The number of carboxylic acid groups (broad SMARTS) is 1. The van der Waals surface area contributed by atoms with Gasteiger partial charge in [0, 0.05) is 32.7 Å². The number of amides is 1. The van der Waals surface area contributed by atoms with Crippen LogP contribution in [0.25, 0.3) is 0 Å². The number of nitrogens with zero attached hydrogens (tertiary/aromatic N) is 3. The van der Waals surface area contributed by atoms with Gasteiger partial charge in [-0.3, -0.25) is 0 Å². The molecule has 1 aromatic heterocycles. The minimum absolute atomic E-state index is 0.141. The first kappa shape index (κ1) is 16.3. The van der Waals surface area contributed by atoms with E-state index in [1.165, 1.54) is 18.1 Å². The molecule has 0 aromatic carbocycles. The minimum Gasteiger partial charge on any atom is -0.465 e. The lowest BCUT2D eigenvalue weighted by Crippen LogP contribution is -2.49. The number of carbonyl (C=O) groups is 2. The van der Waals surface area contributed by atoms with Crippen LogP contribution in [0.2, 0.25) is 5.02 Å². The lowest BCUT2D eigenvalue weighted by atomic mass is 10.2. The van der Waals surface area contributed by atoms with E-state index >= 15 is 0 Å². The van der Waals surface area contributed by atoms with Gasteiger partial charge in [-0.05, 0) is 6.07 Å². The van der Waals surface area contributed by atoms with E-state index in [4.69, 9.17) is 27.2 Å². The third kappa shape index (κ3) is 3.23. The van der Waals surface area contributed by atoms with Gasteiger partial charge in [0.05, 0.1) is 17.8 Å². The van der Waals surface area contributed by atoms with Crippen molar-refractivity contribution in [2.45, 2.75) is 6.54 Å². The number of anilines is 1. The van der Waals surface area contributed by atoms with Crippen LogP contribution in [0.3, 0.4) is 0 Å². The normalized spacial score (nSPS) is 14.9. The highest BCUT2D eigenvalue weighted by molar-refractivity contribution is 6.31. The molecular weight excluding hydrogens is 312 g/mol. The molecule has 22 heavy (non-hydrogen) atoms. The number of aromatic nitrogens is 1. The van der Waals surface area contributed by atoms with Crippen molar-refractivity contribution in [1.82, 2.24) is 9.88 Å². The van der Waals surface area contributed by atoms with E-state index in [0.29, 0.717) is 42.7 Å². The topological polar surface area (TPSA) is 109 Å². The predicted molar refractivity (Wildman–Crippen MR) is 80.3 cm³/mol. The van der Waals surface area contributed by atoms with Crippen LogP contribution in [0.4, 0.5) is 10.6 Å². The smallest absolute Gasteiger partial charge is 0.407 e. The SMILES string of the molecule is COC(=O)c1cc(Cl)c(CN)nc1N1CCN(C(=O)O)CC1. The highest BCUT2D eigenvalue weighted by atomic mass is 35.5. The van der Waals surface area contributed by atoms with Gasteiger partial charge in [0.2, 0.25) is 0 Å². The summed E-state index contributed by atoms with van der Waals surface area (Å²) in [5.41, 5.74) is 6.32. The minimum atomic E-state index is -0.959. The fourth-order valence-electron chi connectivity index (χ4n) is 2.27. The van der Waals surface area contributed by atoms with Gasteiger partial charge in [0.1, 0.15) is 11.4 Å². The molecule has 0 unspecified atom stereocenters. The maximum Gasteiger partial charge on any atom is 0.407 e. The summed E-state index contributed by atoms with van der Waals surface area (Å²) in [6.07, 6.45) is -0.959. The molecule has 0 aliphatic carbocycles. The molecular formula is C13H17ClN4O4. The van der Waals surface area contributed by atoms with Crippen molar-refractivity contribution in [2.75, 3.05) is 38.2 Å². The van der Waals surface area contributed by atoms with Crippen molar-refractivity contribution in [3.8, 4) is 0 Å². The van der Waals surface area contributed by atoms with Gasteiger partial charge >= 0.3 is 12.1 Å². The zero-order valence-corrected chi connectivity index (χ0v) is 12.8. The molecule has 0 spiro atoms. The van der Waals surface area contributed by atoms with Gasteiger partial charge in [0.15, 0.2) is 0 Å². The Balaban J connectivity index is 2.33. The molecule has 0 saturated carbocycles. The number of hydrogen-bond donors (Lipinski definition) is 2. The number of esters is 1. The molecule has 1 fully saturated rings. The number of ether oxygens (including phenoxy) is 1. The molecule has 1 amide bonds. The lowest BCUT2D eigenvalue weighted by molar-refractivity contribution is 0.0600. The Morgan fingerprint density at radius 1 is 1.41 bits per heavy atom. The second kappa shape index (κ2) is 6.80. The molecule has 0 radical (unpaired) electrons. The molecule has 1 aliphatic rings. The lowest BCUT2D eigenvalue weighted by Gasteiger charge is -2.34. The van der Waals surface area contributed by atoms with Crippen molar-refractivity contribution < 1.29 is 19.4 Å². The number of hydrogen-bond acceptors (Lipinski definition) is 6. The van der Waals surface area contributed by atoms with Gasteiger partial charge < -0.3 is 25.4 Å². The summed E-state index contributed by atoms with van der Waals surface area (Å²) in [6.45, 7) is 1.66. The van der Waals surface area contributed by atoms with Gasteiger partial charge in [0.25, 0.3) is 0 Å². The first-order chi connectivity index (χ1) is 10.5. The monoisotopic (exact) mass is 328 g/mol. The Kier molecular flexibility index (Phi) is 5.04. The Labute approximate surface area is 132 Å². The van der Waals surface area contributed by atoms with E-state index in [2.05, 4.69) is 4.98 Å². The quantitative estimate of drug-likeness (QED) is 0.789. The highest BCUT2D eigenvalue weighted by Crippen LogP contribution is 2.26. The van der Waals surface area contributed by atoms with E-state index < -0.39 is 12.1 Å². The Hall–Kier alpha value is -2.06. The molecule has 2 rings (SSSR count). The van der Waals surface area contributed by atoms with Gasteiger partial charge in [-0.2, -0.15) is 0 Å². The summed E-state index contributed by atoms with van der Waals surface area (Å²) in [5, 5.41) is 9.28. The molecule has 1 aromatic rings. The summed E-state index contributed by atoms with van der Waals surface area (Å²) in [6, 6.07) is 1.49. The third-order valence-electron chi connectivity index (χ3n) is 3.48. The summed E-state index contributed by atoms with van der Waals surface area (Å²) >= 11 is 6.05. The molecule has 1 saturated heterocycles. The largest absolute Gasteiger partial charge is 0.465 e. The Morgan fingerprint density at radius 3 is 2.55 bits per heavy atom. The van der Waals surface area contributed by atoms with Crippen molar-refractivity contribution in [3.05, 3.63) is 22.3 Å². The number of piperazine rings is 1. The molecule has 3 N–H and O–H groups in total. The maximum atomic E-state index is 11.9. The van der Waals surface area contributed by atoms with Crippen LogP contribution < -0.4 is 10.6 Å². The Bertz CT molecular complexity index is 588. The first-order valence-electron chi connectivity index (χ1n) is 6.68. The summed E-state index contributed by atoms with van der Waals surface area (Å²) in [5.74, 6) is -0.129. The zero-order valence-electron chi connectivity index (χ0n) is 12.1. The fraction of sp³-hybridized carbons (Fsp3) is 0.462. The van der Waals surface area contributed by atoms with Crippen LogP contribution in [0, 0.1) is 0 Å². The van der Waals surface area contributed by atoms with Gasteiger partial charge in [-0.1, -0.05) is 11.6 Å². The maximum absolute atomic E-state index is 11.9. The fourth-order valence-corrected chi connectivity index (χ4v) is 2.50. The van der Waals surface area contributed by atoms with Crippen LogP contribution in [0.5, 0.6) is 0 Å². The Morgan fingerprint density at radius 2 is 2.05 bits per heavy atom. The van der Waals surface area contributed by atoms with Crippen LogP contribution in [0.1, 0.15) is 16.1 Å². The highest BCUT2D eigenvalue weighted by Gasteiger charge is 2.26. The number of methoxy groups -OCH3 is 1. The molecule has 0 bridgehead atoms. The van der Waals surface area contributed by atoms with E-state index in [9.17, 15) is 9.59 Å². The summed E-state index contributed by atoms with van der Waals surface area (Å²) < 4.78 is 4.76. The van der Waals surface area contributed by atoms with Crippen LogP contribution in [0.15, 0.2) is 6.07 Å². The molecule has 1 aliphatic heterocycles. The van der Waals surface area contributed by atoms with Crippen molar-refractivity contribution >= 4 is 29.5 Å². The average Bonchev–Trinajstić information content (AvgIpc) is 2.53. The van der Waals surface area contributed by atoms with Crippen LogP contribution in [-0.2, 0) is 11.3 Å². The molecule has 0 atom stereocenters. The second-order valence-corrected chi connectivity index (χ2v) is 5.15. The van der Waals surface area contributed by atoms with Gasteiger partial charge in [-0.25, -0.2) is 14.6 Å². The standard InChI is InChI=1S/C13H17ClN4O4/c1-22-12(19)8-6-9(14)10(7-15)16-11(8)17-2-4-18(5-3-17)13(20)21/h6H,2-5,7,15H2,1H3,(H,20,21). The molecule has 2 heterocycles. The van der Waals surface area contributed by atoms with Crippen molar-refractivity contribution in [1.29, 1.82) is 0 Å². The number of carbonyl (C=O) groups excluding carboxylic acids is 1. The van der Waals surface area contributed by atoms with Crippen molar-refractivity contribution in [3.63, 3.8) is 0 Å². The first-order valence-corrected chi connectivity index (χ1v) is 7.06. The number of rotatable bonds is 3. The molecule has 120 valence electrons. The van der Waals surface area contributed by atoms with Crippen LogP contribution >= 0.6 is 11.6 Å². The van der Waals surface area contributed by atoms with E-state index in [1.807, 2.05) is 4.90 Å². The van der Waals surface area contributed by atoms with E-state index in [1.54, 1.807) is 0 Å². The number of halogens is 1. The number of nitrogens with two attached hydrogens (primary N) is 1. The van der Waals surface area contributed by atoms with E-state index in [0.717, 1.165) is 0 Å². The van der Waals surface area contributed by atoms with Crippen LogP contribution in [-0.4, -0.2) is 60.3 Å². The number of pyridine rings is 1. The van der Waals surface area contributed by atoms with Gasteiger partial charge in [-0.15, -0.1) is 0 Å². The molecule has 8 nitrogen and oxygen atoms in total. The summed E-state index contributed by atoms with van der Waals surface area (Å²) in [7, 11) is 1.28. The summed E-state index contributed by atoms with van der Waals surface area (Å²) in [4.78, 5) is 30.4.